The monoisotopic (exact) mass is 1100 g/mol. The number of aromatic nitrogens is 3. The van der Waals surface area contributed by atoms with Crippen LogP contribution in [0.4, 0.5) is 5.69 Å². The first-order valence-corrected chi connectivity index (χ1v) is 27.7. The number of carbonyl (C=O) groups is 2. The molecule has 4 aliphatic rings. The highest BCUT2D eigenvalue weighted by atomic mass is 16.7. The lowest BCUT2D eigenvalue weighted by Crippen LogP contribution is -2.61. The van der Waals surface area contributed by atoms with E-state index in [4.69, 9.17) is 37.9 Å². The lowest BCUT2D eigenvalue weighted by atomic mass is 9.77. The molecule has 0 amide bonds. The van der Waals surface area contributed by atoms with Crippen LogP contribution in [0.3, 0.4) is 0 Å². The van der Waals surface area contributed by atoms with Crippen molar-refractivity contribution >= 4 is 17.6 Å². The molecule has 442 valence electrons. The summed E-state index contributed by atoms with van der Waals surface area (Å²) in [5.74, 6) is -2.44. The van der Waals surface area contributed by atoms with E-state index in [1.807, 2.05) is 76.4 Å². The number of benzene rings is 1. The van der Waals surface area contributed by atoms with Crippen LogP contribution in [0.2, 0.25) is 0 Å². The summed E-state index contributed by atoms with van der Waals surface area (Å²) in [5, 5.41) is 70.4. The third kappa shape index (κ3) is 15.7. The maximum Gasteiger partial charge on any atom is 0.311 e. The number of hydrogen-bond acceptors (Lipinski definition) is 22. The standard InChI is InChI=1S/C55H92N8O15/c1-15-44-55(11,70)48(66)36(6)61(13)28-32(2)26-53(9,69)50(34(4)47(35(5)51(68)76-44)77-45-27-54(10,71-14)49(67)37(7)75-45)78-52-46(65)43(25-33(3)74-52)60(12)23-21-39-29-62(58-56-39)22-16-24-72-42-19-17-41(18-20-42)63-30-40(57-59-63)31-73-38(8)64/h17-20,29-30,32-37,43-50,52,57,59,65-67,69-70H,15-16,21-28,31H2,1-14H3/t32-,33-,34+,35-,36-,37+,43+,44-,45?,46-,47+,48-,49+,50-,52+,53-,54-,55-/m1/s1. The number of nitrogens with zero attached hydrogens (tertiary/aromatic N) is 6. The Morgan fingerprint density at radius 3 is 2.36 bits per heavy atom. The Bertz CT molecular complexity index is 2260. The highest BCUT2D eigenvalue weighted by molar-refractivity contribution is 5.73. The molecule has 2 aromatic rings. The molecule has 3 saturated heterocycles. The van der Waals surface area contributed by atoms with Crippen molar-refractivity contribution < 1.29 is 73.0 Å². The van der Waals surface area contributed by atoms with Crippen molar-refractivity contribution in [2.24, 2.45) is 17.8 Å². The fourth-order valence-electron chi connectivity index (χ4n) is 11.5. The summed E-state index contributed by atoms with van der Waals surface area (Å²) >= 11 is 0. The van der Waals surface area contributed by atoms with Crippen molar-refractivity contribution in [3.8, 4) is 5.75 Å². The molecular formula is C55H92N8O15. The third-order valence-electron chi connectivity index (χ3n) is 16.4. The van der Waals surface area contributed by atoms with Crippen molar-refractivity contribution in [1.29, 1.82) is 0 Å². The molecule has 0 saturated carbocycles. The maximum atomic E-state index is 14.5. The normalized spacial score (nSPS) is 37.7. The van der Waals surface area contributed by atoms with Crippen molar-refractivity contribution in [2.75, 3.05) is 52.5 Å². The Labute approximate surface area is 460 Å². The number of aliphatic hydroxyl groups excluding tert-OH is 3. The van der Waals surface area contributed by atoms with Crippen LogP contribution in [0.5, 0.6) is 5.75 Å². The number of rotatable bonds is 18. The quantitative estimate of drug-likeness (QED) is 0.0835. The van der Waals surface area contributed by atoms with Gasteiger partial charge in [0.15, 0.2) is 12.6 Å². The first-order valence-electron chi connectivity index (χ1n) is 27.7. The highest BCUT2D eigenvalue weighted by Crippen LogP contribution is 2.40. The molecule has 1 aromatic heterocycles. The largest absolute Gasteiger partial charge is 0.494 e. The summed E-state index contributed by atoms with van der Waals surface area (Å²) in [6.45, 7) is 21.0. The van der Waals surface area contributed by atoms with E-state index in [2.05, 4.69) is 26.2 Å². The Balaban J connectivity index is 1.14. The number of aryl methyl sites for hydroxylation is 1. The Kier molecular flexibility index (Phi) is 21.9. The van der Waals surface area contributed by atoms with E-state index in [-0.39, 0.29) is 43.9 Å². The van der Waals surface area contributed by atoms with Crippen LogP contribution < -0.4 is 20.7 Å². The van der Waals surface area contributed by atoms with Crippen LogP contribution in [0.15, 0.2) is 42.4 Å². The molecule has 7 N–H and O–H groups in total. The predicted molar refractivity (Wildman–Crippen MR) is 287 cm³/mol. The molecule has 4 aliphatic heterocycles. The Morgan fingerprint density at radius 2 is 1.69 bits per heavy atom. The second kappa shape index (κ2) is 27.1. The van der Waals surface area contributed by atoms with Gasteiger partial charge in [-0.1, -0.05) is 26.0 Å². The predicted octanol–water partition coefficient (Wildman–Crippen LogP) is 2.81. The molecule has 23 heteroatoms. The maximum absolute atomic E-state index is 14.5. The van der Waals surface area contributed by atoms with Gasteiger partial charge in [-0.2, -0.15) is 0 Å². The molecule has 23 nitrogen and oxygen atoms in total. The summed E-state index contributed by atoms with van der Waals surface area (Å²) in [7, 11) is 5.27. The van der Waals surface area contributed by atoms with Gasteiger partial charge < -0.3 is 78.7 Å². The van der Waals surface area contributed by atoms with E-state index in [1.165, 1.54) is 21.0 Å². The van der Waals surface area contributed by atoms with Gasteiger partial charge in [0.25, 0.3) is 0 Å². The number of cyclic esters (lactones) is 1. The van der Waals surface area contributed by atoms with Crippen molar-refractivity contribution in [3.63, 3.8) is 0 Å². The number of carbonyl (C=O) groups excluding carboxylic acids is 2. The van der Waals surface area contributed by atoms with Crippen molar-refractivity contribution in [1.82, 2.24) is 35.8 Å². The zero-order valence-electron chi connectivity index (χ0n) is 48.4. The van der Waals surface area contributed by atoms with E-state index in [9.17, 15) is 35.1 Å². The van der Waals surface area contributed by atoms with Crippen LogP contribution in [-0.2, 0) is 55.7 Å². The van der Waals surface area contributed by atoms with Crippen LogP contribution in [0.1, 0.15) is 114 Å². The number of esters is 2. The number of hydrazine groups is 2. The number of anilines is 1. The summed E-state index contributed by atoms with van der Waals surface area (Å²) in [4.78, 5) is 29.6. The van der Waals surface area contributed by atoms with E-state index in [0.717, 1.165) is 17.1 Å². The number of likely N-dealkylation sites (N-methyl/N-ethyl adjacent to an activating group) is 2. The molecule has 1 aromatic carbocycles. The van der Waals surface area contributed by atoms with Gasteiger partial charge in [-0.25, -0.2) is 0 Å². The lowest BCUT2D eigenvalue weighted by molar-refractivity contribution is -0.318. The van der Waals surface area contributed by atoms with E-state index >= 15 is 0 Å². The van der Waals surface area contributed by atoms with Gasteiger partial charge in [-0.15, -0.1) is 10.6 Å². The van der Waals surface area contributed by atoms with Crippen LogP contribution in [-0.4, -0.2) is 200 Å². The topological polar surface area (TPSA) is 274 Å². The molecule has 3 fully saturated rings. The minimum atomic E-state index is -1.84. The fourth-order valence-corrected chi connectivity index (χ4v) is 11.5. The number of ether oxygens (including phenoxy) is 8. The van der Waals surface area contributed by atoms with Gasteiger partial charge in [0.1, 0.15) is 42.4 Å². The summed E-state index contributed by atoms with van der Waals surface area (Å²) < 4.78 is 51.2. The van der Waals surface area contributed by atoms with Crippen molar-refractivity contribution in [2.45, 2.75) is 212 Å². The van der Waals surface area contributed by atoms with Gasteiger partial charge in [0, 0.05) is 83.3 Å². The van der Waals surface area contributed by atoms with Gasteiger partial charge in [0.05, 0.1) is 65.2 Å². The SMILES string of the molecule is CC[C@H]1OC(=O)[C@H](C)[C@@H](OC2C[C@@](C)(OC)[C@@H](O)[C@H](C)O2)[C@H](C)[C@@H](O[C@@H]2O[C@H](C)C[C@H](N(C)CCc3cn(CCCOc4ccc(N5C=C(COC(C)=O)NN5)cc4)nn3)[C@H]2O)[C@](C)(O)C[C@@H](C)CN(C)[C@H](C)[C@@H](O)[C@]1(C)O. The summed E-state index contributed by atoms with van der Waals surface area (Å²) in [6, 6.07) is 6.58. The second-order valence-corrected chi connectivity index (χ2v) is 23.1. The fraction of sp³-hybridized carbons (Fsp3) is 0.782. The zero-order valence-corrected chi connectivity index (χ0v) is 48.4. The minimum absolute atomic E-state index is 0.0959. The first-order chi connectivity index (χ1) is 36.7. The molecule has 1 unspecified atom stereocenters. The minimum Gasteiger partial charge on any atom is -0.494 e. The third-order valence-corrected chi connectivity index (χ3v) is 16.4. The molecule has 0 bridgehead atoms. The molecule has 6 rings (SSSR count). The van der Waals surface area contributed by atoms with Crippen molar-refractivity contribution in [3.05, 3.63) is 48.1 Å². The average molecular weight is 1110 g/mol. The number of aliphatic hydroxyl groups is 5. The average Bonchev–Trinajstić information content (AvgIpc) is 4.08. The molecule has 18 atom stereocenters. The van der Waals surface area contributed by atoms with Crippen LogP contribution in [0.25, 0.3) is 0 Å². The van der Waals surface area contributed by atoms with Gasteiger partial charge in [-0.05, 0) is 112 Å². The molecule has 0 aliphatic carbocycles. The zero-order chi connectivity index (χ0) is 57.4. The molecule has 0 radical (unpaired) electrons. The lowest BCUT2D eigenvalue weighted by Gasteiger charge is -2.49. The van der Waals surface area contributed by atoms with Crippen LogP contribution >= 0.6 is 0 Å². The van der Waals surface area contributed by atoms with E-state index in [0.29, 0.717) is 51.2 Å². The Morgan fingerprint density at radius 1 is 0.987 bits per heavy atom. The van der Waals surface area contributed by atoms with Gasteiger partial charge >= 0.3 is 11.9 Å². The molecule has 5 heterocycles. The molecule has 78 heavy (non-hydrogen) atoms. The number of nitrogens with one attached hydrogen (secondary N) is 2. The van der Waals surface area contributed by atoms with Gasteiger partial charge in [-0.3, -0.25) is 19.3 Å². The van der Waals surface area contributed by atoms with E-state index in [1.54, 1.807) is 51.2 Å². The first kappa shape index (κ1) is 63.1. The number of hydrogen-bond donors (Lipinski definition) is 7. The Hall–Kier alpha value is -4.08. The molecular weight excluding hydrogens is 1010 g/mol. The van der Waals surface area contributed by atoms with E-state index < -0.39 is 102 Å². The summed E-state index contributed by atoms with van der Waals surface area (Å²) in [6.07, 6.45) is -4.19. The number of methoxy groups -OCH3 is 1. The van der Waals surface area contributed by atoms with Crippen LogP contribution in [0, 0.1) is 17.8 Å². The smallest absolute Gasteiger partial charge is 0.311 e. The second-order valence-electron chi connectivity index (χ2n) is 23.1. The molecule has 0 spiro atoms. The summed E-state index contributed by atoms with van der Waals surface area (Å²) in [5.41, 5.74) is 3.79. The van der Waals surface area contributed by atoms with Gasteiger partial charge in [0.2, 0.25) is 0 Å². The highest BCUT2D eigenvalue weighted by Gasteiger charge is 2.53.